The molecular weight excluding hydrogens is 428 g/mol. The summed E-state index contributed by atoms with van der Waals surface area (Å²) in [7, 11) is 1.71. The molecule has 1 unspecified atom stereocenters. The minimum Gasteiger partial charge on any atom is -0.486 e. The Bertz CT molecular complexity index is 1030. The van der Waals surface area contributed by atoms with E-state index >= 15 is 0 Å². The standard InChI is InChI=1S/C20H25ClN4O4S/c1-11(2)20(3,10-23-18(27)14-9-22-19(30)25(14)4)24-17(26)12-7-13(21)16-15(8-12)28-5-6-29-16/h7-9,11H,5-6,10H2,1-4H3,(H,22,30)(H,23,27)(H,24,26). The maximum atomic E-state index is 13.0. The number of hydrogen-bond acceptors (Lipinski definition) is 5. The summed E-state index contributed by atoms with van der Waals surface area (Å²) in [5.41, 5.74) is 0.0595. The fourth-order valence-corrected chi connectivity index (χ4v) is 3.39. The van der Waals surface area contributed by atoms with E-state index in [4.69, 9.17) is 33.3 Å². The number of aromatic nitrogens is 2. The second kappa shape index (κ2) is 8.69. The topological polar surface area (TPSA) is 97.4 Å². The van der Waals surface area contributed by atoms with Crippen LogP contribution in [0.25, 0.3) is 0 Å². The molecule has 1 aromatic heterocycles. The third kappa shape index (κ3) is 4.46. The molecule has 2 amide bonds. The molecule has 2 aromatic rings. The molecule has 10 heteroatoms. The van der Waals surface area contributed by atoms with Gasteiger partial charge in [-0.2, -0.15) is 0 Å². The highest BCUT2D eigenvalue weighted by molar-refractivity contribution is 7.71. The lowest BCUT2D eigenvalue weighted by Crippen LogP contribution is -2.57. The Morgan fingerprint density at radius 3 is 2.63 bits per heavy atom. The van der Waals surface area contributed by atoms with Crippen molar-refractivity contribution in [1.82, 2.24) is 20.2 Å². The molecule has 0 fully saturated rings. The van der Waals surface area contributed by atoms with Crippen LogP contribution in [0.4, 0.5) is 0 Å². The number of fused-ring (bicyclic) bond motifs is 1. The Morgan fingerprint density at radius 2 is 2.00 bits per heavy atom. The van der Waals surface area contributed by atoms with Crippen molar-refractivity contribution in [3.05, 3.63) is 39.4 Å². The van der Waals surface area contributed by atoms with Crippen molar-refractivity contribution in [3.8, 4) is 11.5 Å². The molecule has 0 saturated carbocycles. The Labute approximate surface area is 184 Å². The normalized spacial score (nSPS) is 14.9. The maximum Gasteiger partial charge on any atom is 0.269 e. The number of halogens is 1. The zero-order chi connectivity index (χ0) is 22.1. The number of imidazole rings is 1. The number of H-pyrrole nitrogens is 1. The summed E-state index contributed by atoms with van der Waals surface area (Å²) < 4.78 is 13.1. The lowest BCUT2D eigenvalue weighted by molar-refractivity contribution is 0.0840. The molecule has 0 saturated heterocycles. The zero-order valence-corrected chi connectivity index (χ0v) is 18.9. The minimum atomic E-state index is -0.710. The molecule has 30 heavy (non-hydrogen) atoms. The summed E-state index contributed by atoms with van der Waals surface area (Å²) in [5, 5.41) is 6.22. The van der Waals surface area contributed by atoms with Crippen LogP contribution in [-0.4, -0.2) is 46.7 Å². The van der Waals surface area contributed by atoms with Crippen LogP contribution in [0, 0.1) is 10.7 Å². The minimum absolute atomic E-state index is 0.0314. The summed E-state index contributed by atoms with van der Waals surface area (Å²) in [5.74, 6) is 0.314. The van der Waals surface area contributed by atoms with E-state index in [1.807, 2.05) is 20.8 Å². The van der Waals surface area contributed by atoms with Gasteiger partial charge in [0.05, 0.1) is 10.6 Å². The highest BCUT2D eigenvalue weighted by atomic mass is 35.5. The molecule has 0 radical (unpaired) electrons. The van der Waals surface area contributed by atoms with E-state index in [0.29, 0.717) is 45.8 Å². The SMILES string of the molecule is CC(C)C(C)(CNC(=O)c1c[nH]c(=S)n1C)NC(=O)c1cc(Cl)c2c(c1)OCCO2. The van der Waals surface area contributed by atoms with Crippen LogP contribution in [-0.2, 0) is 7.05 Å². The lowest BCUT2D eigenvalue weighted by Gasteiger charge is -2.35. The number of carbonyl (C=O) groups excluding carboxylic acids is 2. The van der Waals surface area contributed by atoms with E-state index in [0.717, 1.165) is 0 Å². The van der Waals surface area contributed by atoms with Crippen molar-refractivity contribution in [2.45, 2.75) is 26.3 Å². The van der Waals surface area contributed by atoms with Gasteiger partial charge in [0, 0.05) is 25.4 Å². The largest absolute Gasteiger partial charge is 0.486 e. The number of benzene rings is 1. The van der Waals surface area contributed by atoms with Crippen molar-refractivity contribution < 1.29 is 19.1 Å². The molecule has 0 bridgehead atoms. The molecule has 0 aliphatic carbocycles. The van der Waals surface area contributed by atoms with Crippen molar-refractivity contribution >= 4 is 35.6 Å². The lowest BCUT2D eigenvalue weighted by atomic mass is 9.87. The van der Waals surface area contributed by atoms with Gasteiger partial charge in [0.25, 0.3) is 11.8 Å². The van der Waals surface area contributed by atoms with Crippen LogP contribution in [0.1, 0.15) is 41.6 Å². The van der Waals surface area contributed by atoms with Gasteiger partial charge in [0.2, 0.25) is 0 Å². The van der Waals surface area contributed by atoms with Gasteiger partial charge >= 0.3 is 0 Å². The third-order valence-electron chi connectivity index (χ3n) is 5.38. The molecule has 2 heterocycles. The first-order valence-electron chi connectivity index (χ1n) is 9.56. The summed E-state index contributed by atoms with van der Waals surface area (Å²) in [4.78, 5) is 28.4. The molecule has 0 spiro atoms. The highest BCUT2D eigenvalue weighted by Crippen LogP contribution is 2.38. The molecular formula is C20H25ClN4O4S. The Kier molecular flexibility index (Phi) is 6.42. The van der Waals surface area contributed by atoms with Crippen LogP contribution in [0.5, 0.6) is 11.5 Å². The van der Waals surface area contributed by atoms with Crippen LogP contribution in [0.3, 0.4) is 0 Å². The van der Waals surface area contributed by atoms with Gasteiger partial charge in [0.15, 0.2) is 16.3 Å². The quantitative estimate of drug-likeness (QED) is 0.585. The zero-order valence-electron chi connectivity index (χ0n) is 17.3. The number of carbonyl (C=O) groups is 2. The molecule has 1 aromatic carbocycles. The van der Waals surface area contributed by atoms with E-state index in [2.05, 4.69) is 15.6 Å². The van der Waals surface area contributed by atoms with Gasteiger partial charge in [-0.05, 0) is 37.2 Å². The number of hydrogen-bond donors (Lipinski definition) is 3. The molecule has 162 valence electrons. The second-order valence-corrected chi connectivity index (χ2v) is 8.52. The smallest absolute Gasteiger partial charge is 0.269 e. The van der Waals surface area contributed by atoms with E-state index in [1.54, 1.807) is 29.9 Å². The molecule has 3 N–H and O–H groups in total. The van der Waals surface area contributed by atoms with E-state index in [9.17, 15) is 9.59 Å². The van der Waals surface area contributed by atoms with Crippen molar-refractivity contribution in [1.29, 1.82) is 0 Å². The fourth-order valence-electron chi connectivity index (χ4n) is 2.97. The molecule has 1 atom stereocenters. The van der Waals surface area contributed by atoms with Crippen LogP contribution < -0.4 is 20.1 Å². The molecule has 1 aliphatic heterocycles. The molecule has 3 rings (SSSR count). The average molecular weight is 453 g/mol. The second-order valence-electron chi connectivity index (χ2n) is 7.73. The number of nitrogens with zero attached hydrogens (tertiary/aromatic N) is 1. The van der Waals surface area contributed by atoms with Gasteiger partial charge in [0.1, 0.15) is 18.9 Å². The predicted octanol–water partition coefficient (Wildman–Crippen LogP) is 3.08. The molecule has 8 nitrogen and oxygen atoms in total. The van der Waals surface area contributed by atoms with E-state index in [1.165, 1.54) is 0 Å². The monoisotopic (exact) mass is 452 g/mol. The number of amides is 2. The number of ether oxygens (including phenoxy) is 2. The predicted molar refractivity (Wildman–Crippen MR) is 116 cm³/mol. The Morgan fingerprint density at radius 1 is 1.30 bits per heavy atom. The first-order chi connectivity index (χ1) is 14.1. The summed E-state index contributed by atoms with van der Waals surface area (Å²) in [6, 6.07) is 3.16. The van der Waals surface area contributed by atoms with Gasteiger partial charge in [-0.3, -0.25) is 9.59 Å². The first-order valence-corrected chi connectivity index (χ1v) is 10.4. The summed E-state index contributed by atoms with van der Waals surface area (Å²) in [6.07, 6.45) is 1.56. The van der Waals surface area contributed by atoms with Crippen molar-refractivity contribution in [2.75, 3.05) is 19.8 Å². The van der Waals surface area contributed by atoms with Crippen LogP contribution in [0.2, 0.25) is 5.02 Å². The fraction of sp³-hybridized carbons (Fsp3) is 0.450. The van der Waals surface area contributed by atoms with E-state index < -0.39 is 5.54 Å². The first kappa shape index (κ1) is 22.2. The van der Waals surface area contributed by atoms with Crippen LogP contribution >= 0.6 is 23.8 Å². The van der Waals surface area contributed by atoms with Gasteiger partial charge < -0.3 is 29.7 Å². The molecule has 1 aliphatic rings. The van der Waals surface area contributed by atoms with Crippen molar-refractivity contribution in [3.63, 3.8) is 0 Å². The van der Waals surface area contributed by atoms with Gasteiger partial charge in [-0.15, -0.1) is 0 Å². The van der Waals surface area contributed by atoms with Crippen LogP contribution in [0.15, 0.2) is 18.3 Å². The Balaban J connectivity index is 1.75. The van der Waals surface area contributed by atoms with E-state index in [-0.39, 0.29) is 24.3 Å². The van der Waals surface area contributed by atoms with Gasteiger partial charge in [-0.1, -0.05) is 25.4 Å². The number of aromatic amines is 1. The van der Waals surface area contributed by atoms with Crippen molar-refractivity contribution in [2.24, 2.45) is 13.0 Å². The maximum absolute atomic E-state index is 13.0. The summed E-state index contributed by atoms with van der Waals surface area (Å²) in [6.45, 7) is 6.86. The van der Waals surface area contributed by atoms with Gasteiger partial charge in [-0.25, -0.2) is 0 Å². The summed E-state index contributed by atoms with van der Waals surface area (Å²) >= 11 is 11.4. The third-order valence-corrected chi connectivity index (χ3v) is 6.05. The highest BCUT2D eigenvalue weighted by Gasteiger charge is 2.32. The number of nitrogens with one attached hydrogen (secondary N) is 3. The Hall–Kier alpha value is -2.52. The average Bonchev–Trinajstić information content (AvgIpc) is 3.04. The number of rotatable bonds is 6.